The fourth-order valence-corrected chi connectivity index (χ4v) is 0.162. The zero-order valence-corrected chi connectivity index (χ0v) is 4.05. The van der Waals surface area contributed by atoms with E-state index < -0.39 is 0 Å². The van der Waals surface area contributed by atoms with Gasteiger partial charge in [-0.3, -0.25) is 4.52 Å². The highest BCUT2D eigenvalue weighted by atomic mass is 35.5. The standard InChI is InChI=1S/C2H2N2O2.ClH/c5-2-1-3-4-6-2;/h1,5H;1H. The molecular formula is C2H3ClN2O2. The van der Waals surface area contributed by atoms with Crippen molar-refractivity contribution in [2.45, 2.75) is 0 Å². The summed E-state index contributed by atoms with van der Waals surface area (Å²) in [5, 5.41) is 14.3. The second-order valence-corrected chi connectivity index (χ2v) is 0.756. The smallest absolute Gasteiger partial charge is 0.329 e. The average molecular weight is 123 g/mol. The predicted octanol–water partition coefficient (Wildman–Crippen LogP) is 0.197. The lowest BCUT2D eigenvalue weighted by Gasteiger charge is -1.63. The molecule has 1 heterocycles. The molecule has 0 aliphatic carbocycles. The van der Waals surface area contributed by atoms with Gasteiger partial charge in [-0.25, -0.2) is 0 Å². The molecule has 40 valence electrons. The molecule has 0 unspecified atom stereocenters. The molecule has 0 atom stereocenters. The molecule has 0 fully saturated rings. The molecule has 0 radical (unpaired) electrons. The van der Waals surface area contributed by atoms with E-state index in [1.54, 1.807) is 0 Å². The Labute approximate surface area is 45.5 Å². The number of hydrogen-bond donors (Lipinski definition) is 1. The van der Waals surface area contributed by atoms with Gasteiger partial charge in [0.2, 0.25) is 0 Å². The van der Waals surface area contributed by atoms with E-state index in [1.807, 2.05) is 0 Å². The third-order valence-corrected chi connectivity index (χ3v) is 0.350. The van der Waals surface area contributed by atoms with Gasteiger partial charge in [-0.2, -0.15) is 0 Å². The molecule has 1 rings (SSSR count). The van der Waals surface area contributed by atoms with Crippen LogP contribution in [0.25, 0.3) is 0 Å². The van der Waals surface area contributed by atoms with Crippen molar-refractivity contribution in [1.29, 1.82) is 0 Å². The summed E-state index contributed by atoms with van der Waals surface area (Å²) in [7, 11) is 0. The number of aromatic nitrogens is 2. The fourth-order valence-electron chi connectivity index (χ4n) is 0.162. The second kappa shape index (κ2) is 2.41. The third-order valence-electron chi connectivity index (χ3n) is 0.350. The van der Waals surface area contributed by atoms with Gasteiger partial charge in [-0.1, -0.05) is 0 Å². The van der Waals surface area contributed by atoms with Gasteiger partial charge >= 0.3 is 5.95 Å². The Bertz CT molecular complexity index is 117. The Hall–Kier alpha value is -0.770. The molecule has 0 aromatic carbocycles. The van der Waals surface area contributed by atoms with E-state index in [9.17, 15) is 0 Å². The number of rotatable bonds is 0. The third kappa shape index (κ3) is 1.41. The van der Waals surface area contributed by atoms with Crippen LogP contribution in [0.3, 0.4) is 0 Å². The van der Waals surface area contributed by atoms with Crippen LogP contribution in [-0.4, -0.2) is 15.5 Å². The van der Waals surface area contributed by atoms with Crippen molar-refractivity contribution in [2.24, 2.45) is 0 Å². The van der Waals surface area contributed by atoms with E-state index in [1.165, 1.54) is 0 Å². The first-order valence-electron chi connectivity index (χ1n) is 1.36. The van der Waals surface area contributed by atoms with Crippen LogP contribution in [0.4, 0.5) is 0 Å². The summed E-state index contributed by atoms with van der Waals surface area (Å²) >= 11 is 0. The van der Waals surface area contributed by atoms with Gasteiger partial charge in [0, 0.05) is 5.27 Å². The first-order valence-corrected chi connectivity index (χ1v) is 1.36. The molecule has 0 aliphatic heterocycles. The SMILES string of the molecule is Cl.Oc1cnno1. The summed E-state index contributed by atoms with van der Waals surface area (Å²) in [4.78, 5) is 0. The monoisotopic (exact) mass is 122 g/mol. The van der Waals surface area contributed by atoms with E-state index >= 15 is 0 Å². The topological polar surface area (TPSA) is 59.2 Å². The predicted molar refractivity (Wildman–Crippen MR) is 23.2 cm³/mol. The van der Waals surface area contributed by atoms with Crippen molar-refractivity contribution in [1.82, 2.24) is 10.4 Å². The Morgan fingerprint density at radius 2 is 2.43 bits per heavy atom. The van der Waals surface area contributed by atoms with E-state index in [2.05, 4.69) is 14.9 Å². The van der Waals surface area contributed by atoms with E-state index in [4.69, 9.17) is 5.11 Å². The molecule has 0 saturated heterocycles. The number of nitrogens with zero attached hydrogens (tertiary/aromatic N) is 2. The maximum Gasteiger partial charge on any atom is 0.329 e. The van der Waals surface area contributed by atoms with Crippen LogP contribution < -0.4 is 0 Å². The number of aromatic hydroxyl groups is 1. The van der Waals surface area contributed by atoms with Crippen molar-refractivity contribution >= 4 is 12.4 Å². The Kier molecular flexibility index (Phi) is 2.15. The zero-order chi connectivity index (χ0) is 4.41. The van der Waals surface area contributed by atoms with Crippen molar-refractivity contribution in [3.05, 3.63) is 6.20 Å². The minimum Gasteiger partial charge on any atom is -0.478 e. The first kappa shape index (κ1) is 6.23. The van der Waals surface area contributed by atoms with Crippen molar-refractivity contribution in [3.63, 3.8) is 0 Å². The van der Waals surface area contributed by atoms with Gasteiger partial charge in [-0.15, -0.1) is 17.5 Å². The van der Waals surface area contributed by atoms with Gasteiger partial charge < -0.3 is 5.11 Å². The molecule has 5 heteroatoms. The Morgan fingerprint density at radius 3 is 2.57 bits per heavy atom. The van der Waals surface area contributed by atoms with Crippen LogP contribution in [0.15, 0.2) is 10.7 Å². The lowest BCUT2D eigenvalue weighted by atomic mass is 10.9. The molecule has 7 heavy (non-hydrogen) atoms. The second-order valence-electron chi connectivity index (χ2n) is 0.756. The van der Waals surface area contributed by atoms with Crippen LogP contribution in [-0.2, 0) is 0 Å². The summed E-state index contributed by atoms with van der Waals surface area (Å²) in [6, 6.07) is 0. The van der Waals surface area contributed by atoms with Gasteiger partial charge in [0.1, 0.15) is 6.20 Å². The fraction of sp³-hybridized carbons (Fsp3) is 0. The van der Waals surface area contributed by atoms with E-state index in [0.29, 0.717) is 0 Å². The van der Waals surface area contributed by atoms with Gasteiger partial charge in [0.25, 0.3) is 0 Å². The molecule has 0 bridgehead atoms. The Morgan fingerprint density at radius 1 is 1.71 bits per heavy atom. The molecule has 0 aliphatic rings. The lowest BCUT2D eigenvalue weighted by molar-refractivity contribution is 0.270. The van der Waals surface area contributed by atoms with Gasteiger partial charge in [-0.05, 0) is 0 Å². The van der Waals surface area contributed by atoms with Crippen LogP contribution >= 0.6 is 12.4 Å². The van der Waals surface area contributed by atoms with Crippen molar-refractivity contribution < 1.29 is 9.63 Å². The number of halogens is 1. The normalized spacial score (nSPS) is 7.43. The van der Waals surface area contributed by atoms with Crippen LogP contribution in [0.1, 0.15) is 0 Å². The molecule has 0 amide bonds. The van der Waals surface area contributed by atoms with Crippen LogP contribution in [0, 0.1) is 0 Å². The number of hydrogen-bond acceptors (Lipinski definition) is 4. The molecule has 0 spiro atoms. The molecule has 1 N–H and O–H groups in total. The average Bonchev–Trinajstić information content (AvgIpc) is 1.86. The largest absolute Gasteiger partial charge is 0.478 e. The van der Waals surface area contributed by atoms with E-state index in [0.717, 1.165) is 6.20 Å². The quantitative estimate of drug-likeness (QED) is 0.534. The minimum atomic E-state index is -0.255. The van der Waals surface area contributed by atoms with Crippen LogP contribution in [0.2, 0.25) is 0 Å². The molecular weight excluding hydrogens is 119 g/mol. The maximum atomic E-state index is 8.18. The minimum absolute atomic E-state index is 0. The molecule has 1 aromatic heterocycles. The van der Waals surface area contributed by atoms with Gasteiger partial charge in [0.15, 0.2) is 0 Å². The van der Waals surface area contributed by atoms with Gasteiger partial charge in [0.05, 0.1) is 0 Å². The molecule has 1 aromatic rings. The van der Waals surface area contributed by atoms with Crippen molar-refractivity contribution in [3.8, 4) is 5.95 Å². The highest BCUT2D eigenvalue weighted by Crippen LogP contribution is 1.97. The zero-order valence-electron chi connectivity index (χ0n) is 3.24. The highest BCUT2D eigenvalue weighted by Gasteiger charge is 1.83. The molecule has 0 saturated carbocycles. The summed E-state index contributed by atoms with van der Waals surface area (Å²) in [5.74, 6) is -0.255. The van der Waals surface area contributed by atoms with E-state index in [-0.39, 0.29) is 18.4 Å². The van der Waals surface area contributed by atoms with Crippen LogP contribution in [0.5, 0.6) is 5.95 Å². The highest BCUT2D eigenvalue weighted by molar-refractivity contribution is 5.85. The summed E-state index contributed by atoms with van der Waals surface area (Å²) in [6.45, 7) is 0. The lowest BCUT2D eigenvalue weighted by Crippen LogP contribution is -1.53. The molecule has 4 nitrogen and oxygen atoms in total. The Balaban J connectivity index is 0.000000360. The summed E-state index contributed by atoms with van der Waals surface area (Å²) in [5.41, 5.74) is 0. The van der Waals surface area contributed by atoms with Crippen molar-refractivity contribution in [2.75, 3.05) is 0 Å². The maximum absolute atomic E-state index is 8.18. The summed E-state index contributed by atoms with van der Waals surface area (Å²) < 4.78 is 4.03. The first-order chi connectivity index (χ1) is 2.89. The summed E-state index contributed by atoms with van der Waals surface area (Å²) in [6.07, 6.45) is 1.11.